The lowest BCUT2D eigenvalue weighted by molar-refractivity contribution is -0.145. The normalized spacial score (nSPS) is 23.6. The van der Waals surface area contributed by atoms with Crippen molar-refractivity contribution in [2.24, 2.45) is 5.92 Å². The molecule has 1 saturated carbocycles. The molecule has 1 amide bonds. The van der Waals surface area contributed by atoms with Gasteiger partial charge in [-0.2, -0.15) is 13.2 Å². The first kappa shape index (κ1) is 13.6. The average molecular weight is 264 g/mol. The van der Waals surface area contributed by atoms with Gasteiger partial charge >= 0.3 is 6.18 Å². The van der Waals surface area contributed by atoms with E-state index in [9.17, 15) is 18.0 Å². The number of halogens is 3. The highest BCUT2D eigenvalue weighted by molar-refractivity contribution is 5.79. The van der Waals surface area contributed by atoms with Gasteiger partial charge in [0.15, 0.2) is 0 Å². The van der Waals surface area contributed by atoms with Crippen LogP contribution in [0.15, 0.2) is 0 Å². The largest absolute Gasteiger partial charge is 0.401 e. The summed E-state index contributed by atoms with van der Waals surface area (Å²) in [5.74, 6) is 0.286. The fourth-order valence-corrected chi connectivity index (χ4v) is 2.52. The third-order valence-corrected chi connectivity index (χ3v) is 3.76. The second-order valence-electron chi connectivity index (χ2n) is 5.20. The van der Waals surface area contributed by atoms with Crippen LogP contribution in [-0.4, -0.2) is 54.6 Å². The molecule has 18 heavy (non-hydrogen) atoms. The predicted molar refractivity (Wildman–Crippen MR) is 61.0 cm³/mol. The lowest BCUT2D eigenvalue weighted by Gasteiger charge is -2.31. The Morgan fingerprint density at radius 2 is 1.78 bits per heavy atom. The van der Waals surface area contributed by atoms with Gasteiger partial charge in [-0.1, -0.05) is 6.42 Å². The highest BCUT2D eigenvalue weighted by Crippen LogP contribution is 2.28. The number of alkyl halides is 3. The minimum atomic E-state index is -4.15. The molecule has 0 N–H and O–H groups in total. The first-order valence-corrected chi connectivity index (χ1v) is 6.53. The molecule has 2 fully saturated rings. The molecule has 0 aromatic heterocycles. The lowest BCUT2D eigenvalue weighted by Crippen LogP contribution is -2.42. The summed E-state index contributed by atoms with van der Waals surface area (Å²) in [6, 6.07) is 0. The summed E-state index contributed by atoms with van der Waals surface area (Å²) in [4.78, 5) is 15.2. The number of amides is 1. The molecule has 1 heterocycles. The van der Waals surface area contributed by atoms with Crippen molar-refractivity contribution in [2.45, 2.75) is 31.9 Å². The van der Waals surface area contributed by atoms with Crippen LogP contribution in [0.25, 0.3) is 0 Å². The van der Waals surface area contributed by atoms with E-state index in [1.54, 1.807) is 4.90 Å². The molecule has 0 aromatic carbocycles. The van der Waals surface area contributed by atoms with Gasteiger partial charge in [0.1, 0.15) is 0 Å². The summed E-state index contributed by atoms with van der Waals surface area (Å²) >= 11 is 0. The summed E-state index contributed by atoms with van der Waals surface area (Å²) in [5, 5.41) is 0. The average Bonchev–Trinajstić information content (AvgIpc) is 2.38. The zero-order valence-corrected chi connectivity index (χ0v) is 10.4. The molecule has 0 unspecified atom stereocenters. The Kier molecular flexibility index (Phi) is 4.14. The Morgan fingerprint density at radius 3 is 2.33 bits per heavy atom. The third-order valence-electron chi connectivity index (χ3n) is 3.76. The molecule has 0 radical (unpaired) electrons. The van der Waals surface area contributed by atoms with Crippen LogP contribution in [0.2, 0.25) is 0 Å². The van der Waals surface area contributed by atoms with Gasteiger partial charge in [-0.3, -0.25) is 9.69 Å². The second kappa shape index (κ2) is 5.47. The van der Waals surface area contributed by atoms with Gasteiger partial charge in [-0.15, -0.1) is 0 Å². The van der Waals surface area contributed by atoms with Crippen LogP contribution in [-0.2, 0) is 4.79 Å². The Labute approximate surface area is 105 Å². The van der Waals surface area contributed by atoms with Gasteiger partial charge in [0.25, 0.3) is 0 Å². The van der Waals surface area contributed by atoms with Crippen LogP contribution in [0.5, 0.6) is 0 Å². The van der Waals surface area contributed by atoms with E-state index in [4.69, 9.17) is 0 Å². The van der Waals surface area contributed by atoms with Crippen molar-refractivity contribution in [3.05, 3.63) is 0 Å². The SMILES string of the molecule is O=C(C1CCC1)N1CCCN(CC(F)(F)F)CC1. The third kappa shape index (κ3) is 3.60. The van der Waals surface area contributed by atoms with Gasteiger partial charge in [-0.05, 0) is 19.3 Å². The Morgan fingerprint density at radius 1 is 1.06 bits per heavy atom. The first-order valence-electron chi connectivity index (χ1n) is 6.53. The number of carbonyl (C=O) groups excluding carboxylic acids is 1. The van der Waals surface area contributed by atoms with E-state index in [0.29, 0.717) is 32.6 Å². The fourth-order valence-electron chi connectivity index (χ4n) is 2.52. The minimum absolute atomic E-state index is 0.138. The zero-order valence-electron chi connectivity index (χ0n) is 10.4. The molecule has 1 saturated heterocycles. The quantitative estimate of drug-likeness (QED) is 0.760. The van der Waals surface area contributed by atoms with Crippen molar-refractivity contribution < 1.29 is 18.0 Å². The number of carbonyl (C=O) groups is 1. The van der Waals surface area contributed by atoms with Crippen LogP contribution >= 0.6 is 0 Å². The number of hydrogen-bond donors (Lipinski definition) is 0. The smallest absolute Gasteiger partial charge is 0.341 e. The molecule has 1 aliphatic heterocycles. The molecule has 6 heteroatoms. The fraction of sp³-hybridized carbons (Fsp3) is 0.917. The molecule has 104 valence electrons. The van der Waals surface area contributed by atoms with Crippen molar-refractivity contribution in [3.8, 4) is 0 Å². The van der Waals surface area contributed by atoms with Crippen molar-refractivity contribution in [3.63, 3.8) is 0 Å². The van der Waals surface area contributed by atoms with E-state index in [1.807, 2.05) is 0 Å². The summed E-state index contributed by atoms with van der Waals surface area (Å²) in [6.07, 6.45) is -0.519. The minimum Gasteiger partial charge on any atom is -0.341 e. The molecule has 0 bridgehead atoms. The van der Waals surface area contributed by atoms with E-state index >= 15 is 0 Å². The second-order valence-corrected chi connectivity index (χ2v) is 5.20. The molecule has 0 atom stereocenters. The van der Waals surface area contributed by atoms with Crippen LogP contribution in [0.3, 0.4) is 0 Å². The van der Waals surface area contributed by atoms with Gasteiger partial charge in [0, 0.05) is 32.1 Å². The maximum absolute atomic E-state index is 12.3. The highest BCUT2D eigenvalue weighted by Gasteiger charge is 2.33. The van der Waals surface area contributed by atoms with Crippen LogP contribution in [0.4, 0.5) is 13.2 Å². The molecule has 2 rings (SSSR count). The van der Waals surface area contributed by atoms with E-state index in [0.717, 1.165) is 19.3 Å². The summed E-state index contributed by atoms with van der Waals surface area (Å²) in [5.41, 5.74) is 0. The molecule has 2 aliphatic rings. The maximum Gasteiger partial charge on any atom is 0.401 e. The molecule has 0 spiro atoms. The van der Waals surface area contributed by atoms with Gasteiger partial charge < -0.3 is 4.90 Å². The zero-order chi connectivity index (χ0) is 13.2. The molecular formula is C12H19F3N2O. The first-order chi connectivity index (χ1) is 8.46. The van der Waals surface area contributed by atoms with E-state index in [2.05, 4.69) is 0 Å². The topological polar surface area (TPSA) is 23.6 Å². The maximum atomic E-state index is 12.3. The monoisotopic (exact) mass is 264 g/mol. The summed E-state index contributed by atoms with van der Waals surface area (Å²) in [6.45, 7) is 0.930. The van der Waals surface area contributed by atoms with Gasteiger partial charge in [0.2, 0.25) is 5.91 Å². The van der Waals surface area contributed by atoms with Gasteiger partial charge in [0.05, 0.1) is 6.54 Å². The highest BCUT2D eigenvalue weighted by atomic mass is 19.4. The Balaban J connectivity index is 1.82. The van der Waals surface area contributed by atoms with Crippen LogP contribution in [0, 0.1) is 5.92 Å². The Hall–Kier alpha value is -0.780. The van der Waals surface area contributed by atoms with Crippen molar-refractivity contribution in [2.75, 3.05) is 32.7 Å². The molecule has 0 aromatic rings. The number of rotatable bonds is 2. The molecular weight excluding hydrogens is 245 g/mol. The number of nitrogens with zero attached hydrogens (tertiary/aromatic N) is 2. The van der Waals surface area contributed by atoms with E-state index < -0.39 is 12.7 Å². The number of hydrogen-bond acceptors (Lipinski definition) is 2. The summed E-state index contributed by atoms with van der Waals surface area (Å²) < 4.78 is 36.9. The molecule has 1 aliphatic carbocycles. The molecule has 3 nitrogen and oxygen atoms in total. The van der Waals surface area contributed by atoms with E-state index in [-0.39, 0.29) is 11.8 Å². The van der Waals surface area contributed by atoms with Crippen molar-refractivity contribution in [1.82, 2.24) is 9.80 Å². The van der Waals surface area contributed by atoms with Crippen molar-refractivity contribution in [1.29, 1.82) is 0 Å². The predicted octanol–water partition coefficient (Wildman–Crippen LogP) is 1.88. The van der Waals surface area contributed by atoms with Crippen LogP contribution in [0.1, 0.15) is 25.7 Å². The Bertz CT molecular complexity index is 302. The lowest BCUT2D eigenvalue weighted by atomic mass is 9.84. The van der Waals surface area contributed by atoms with Crippen molar-refractivity contribution >= 4 is 5.91 Å². The van der Waals surface area contributed by atoms with Gasteiger partial charge in [-0.25, -0.2) is 0 Å². The van der Waals surface area contributed by atoms with E-state index in [1.165, 1.54) is 4.90 Å². The summed E-state index contributed by atoms with van der Waals surface area (Å²) in [7, 11) is 0. The van der Waals surface area contributed by atoms with Crippen LogP contribution < -0.4 is 0 Å². The standard InChI is InChI=1S/C12H19F3N2O/c13-12(14,15)9-16-5-2-6-17(8-7-16)11(18)10-3-1-4-10/h10H,1-9H2.